The van der Waals surface area contributed by atoms with Gasteiger partial charge in [-0.1, -0.05) is 46.3 Å². The Morgan fingerprint density at radius 1 is 0.963 bits per heavy atom. The van der Waals surface area contributed by atoms with Crippen molar-refractivity contribution in [2.24, 2.45) is 0 Å². The Morgan fingerprint density at radius 2 is 1.52 bits per heavy atom. The van der Waals surface area contributed by atoms with Crippen LogP contribution in [-0.4, -0.2) is 55.7 Å². The Kier molecular flexibility index (Phi) is 7.59. The van der Waals surface area contributed by atoms with Crippen LogP contribution in [0.1, 0.15) is 17.2 Å². The highest BCUT2D eigenvalue weighted by Crippen LogP contribution is 2.27. The molecule has 0 radical (unpaired) electrons. The summed E-state index contributed by atoms with van der Waals surface area (Å²) in [5.74, 6) is -0.231. The third kappa shape index (κ3) is 5.98. The lowest BCUT2D eigenvalue weighted by Gasteiger charge is -2.34. The molecule has 2 aromatic rings. The van der Waals surface area contributed by atoms with E-state index in [9.17, 15) is 4.39 Å². The van der Waals surface area contributed by atoms with Gasteiger partial charge in [0, 0.05) is 43.7 Å². The van der Waals surface area contributed by atoms with Gasteiger partial charge in [0.2, 0.25) is 0 Å². The molecule has 5 heteroatoms. The van der Waals surface area contributed by atoms with Gasteiger partial charge >= 0.3 is 0 Å². The molecule has 1 aliphatic rings. The topological polar surface area (TPSA) is 15.7 Å². The number of rotatable bonds is 8. The van der Waals surface area contributed by atoms with E-state index in [1.54, 1.807) is 12.1 Å². The second-order valence-electron chi connectivity index (χ2n) is 6.78. The Labute approximate surface area is 169 Å². The van der Waals surface area contributed by atoms with Crippen LogP contribution in [0, 0.1) is 5.82 Å². The van der Waals surface area contributed by atoms with Gasteiger partial charge in [0.25, 0.3) is 0 Å². The second kappa shape index (κ2) is 10.1. The van der Waals surface area contributed by atoms with E-state index >= 15 is 0 Å². The molecule has 0 bridgehead atoms. The second-order valence-corrected chi connectivity index (χ2v) is 7.70. The fourth-order valence-electron chi connectivity index (χ4n) is 3.34. The lowest BCUT2D eigenvalue weighted by molar-refractivity contribution is 0.0467. The van der Waals surface area contributed by atoms with Gasteiger partial charge in [-0.05, 0) is 35.4 Å². The summed E-state index contributed by atoms with van der Waals surface area (Å²) in [5, 5.41) is 0. The molecule has 0 aliphatic carbocycles. The van der Waals surface area contributed by atoms with Crippen LogP contribution in [-0.2, 0) is 4.74 Å². The van der Waals surface area contributed by atoms with Gasteiger partial charge in [-0.15, -0.1) is 6.58 Å². The zero-order valence-corrected chi connectivity index (χ0v) is 17.1. The van der Waals surface area contributed by atoms with Crippen LogP contribution < -0.4 is 0 Å². The van der Waals surface area contributed by atoms with Crippen LogP contribution in [0.4, 0.5) is 4.39 Å². The summed E-state index contributed by atoms with van der Waals surface area (Å²) in [4.78, 5) is 4.84. The van der Waals surface area contributed by atoms with E-state index in [0.29, 0.717) is 6.61 Å². The molecule has 3 rings (SSSR count). The van der Waals surface area contributed by atoms with Crippen molar-refractivity contribution < 1.29 is 9.13 Å². The summed E-state index contributed by atoms with van der Waals surface area (Å²) >= 11 is 3.47. The predicted molar refractivity (Wildman–Crippen MR) is 111 cm³/mol. The van der Waals surface area contributed by atoms with Crippen molar-refractivity contribution in [3.8, 4) is 0 Å². The average molecular weight is 433 g/mol. The van der Waals surface area contributed by atoms with Crippen molar-refractivity contribution in [1.82, 2.24) is 9.80 Å². The van der Waals surface area contributed by atoms with Crippen LogP contribution in [0.25, 0.3) is 0 Å². The van der Waals surface area contributed by atoms with E-state index in [1.807, 2.05) is 30.3 Å². The minimum absolute atomic E-state index is 0.194. The van der Waals surface area contributed by atoms with Crippen LogP contribution in [0.3, 0.4) is 0 Å². The SMILES string of the molecule is C=CCN1CCN(CCOC(c2ccc(F)cc2)c2ccc(Br)cc2)CC1. The number of nitrogens with zero attached hydrogens (tertiary/aromatic N) is 2. The minimum Gasteiger partial charge on any atom is -0.367 e. The smallest absolute Gasteiger partial charge is 0.123 e. The van der Waals surface area contributed by atoms with E-state index in [1.165, 1.54) is 12.1 Å². The maximum Gasteiger partial charge on any atom is 0.123 e. The molecular formula is C22H26BrFN2O. The summed E-state index contributed by atoms with van der Waals surface area (Å²) in [6, 6.07) is 14.7. The number of hydrogen-bond donors (Lipinski definition) is 0. The third-order valence-corrected chi connectivity index (χ3v) is 5.42. The number of ether oxygens (including phenoxy) is 1. The number of benzene rings is 2. The quantitative estimate of drug-likeness (QED) is 0.571. The van der Waals surface area contributed by atoms with E-state index in [4.69, 9.17) is 4.74 Å². The molecule has 0 saturated carbocycles. The molecule has 27 heavy (non-hydrogen) atoms. The average Bonchev–Trinajstić information content (AvgIpc) is 2.69. The van der Waals surface area contributed by atoms with Crippen LogP contribution in [0.15, 0.2) is 65.7 Å². The highest BCUT2D eigenvalue weighted by molar-refractivity contribution is 9.10. The first-order valence-electron chi connectivity index (χ1n) is 9.34. The van der Waals surface area contributed by atoms with Gasteiger partial charge in [0.05, 0.1) is 6.61 Å². The molecule has 0 spiro atoms. The molecular weight excluding hydrogens is 407 g/mol. The molecule has 1 saturated heterocycles. The summed E-state index contributed by atoms with van der Waals surface area (Å²) in [6.07, 6.45) is 1.77. The Morgan fingerprint density at radius 3 is 2.11 bits per heavy atom. The number of piperazine rings is 1. The monoisotopic (exact) mass is 432 g/mol. The Bertz CT molecular complexity index is 667. The highest BCUT2D eigenvalue weighted by Gasteiger charge is 2.18. The molecule has 1 fully saturated rings. The summed E-state index contributed by atoms with van der Waals surface area (Å²) in [6.45, 7) is 10.5. The maximum absolute atomic E-state index is 13.3. The van der Waals surface area contributed by atoms with E-state index in [2.05, 4.69) is 32.3 Å². The Hall–Kier alpha value is -1.53. The lowest BCUT2D eigenvalue weighted by Crippen LogP contribution is -2.47. The van der Waals surface area contributed by atoms with E-state index in [0.717, 1.165) is 54.9 Å². The fraction of sp³-hybridized carbons (Fsp3) is 0.364. The van der Waals surface area contributed by atoms with Gasteiger partial charge in [-0.25, -0.2) is 4.39 Å². The normalized spacial score (nSPS) is 17.0. The van der Waals surface area contributed by atoms with Crippen LogP contribution in [0.2, 0.25) is 0 Å². The minimum atomic E-state index is -0.231. The molecule has 2 aromatic carbocycles. The van der Waals surface area contributed by atoms with Gasteiger partial charge in [0.15, 0.2) is 0 Å². The van der Waals surface area contributed by atoms with E-state index in [-0.39, 0.29) is 11.9 Å². The maximum atomic E-state index is 13.3. The highest BCUT2D eigenvalue weighted by atomic mass is 79.9. The first-order valence-corrected chi connectivity index (χ1v) is 10.1. The van der Waals surface area contributed by atoms with Gasteiger partial charge in [-0.2, -0.15) is 0 Å². The third-order valence-electron chi connectivity index (χ3n) is 4.89. The zero-order valence-electron chi connectivity index (χ0n) is 15.5. The van der Waals surface area contributed by atoms with Gasteiger partial charge in [0.1, 0.15) is 11.9 Å². The van der Waals surface area contributed by atoms with Crippen molar-refractivity contribution in [2.75, 3.05) is 45.9 Å². The van der Waals surface area contributed by atoms with Gasteiger partial charge in [-0.3, -0.25) is 9.80 Å². The molecule has 0 amide bonds. The molecule has 1 atom stereocenters. The molecule has 1 heterocycles. The lowest BCUT2D eigenvalue weighted by atomic mass is 10.0. The van der Waals surface area contributed by atoms with E-state index < -0.39 is 0 Å². The molecule has 0 aromatic heterocycles. The first-order chi connectivity index (χ1) is 13.2. The zero-order chi connectivity index (χ0) is 19.1. The van der Waals surface area contributed by atoms with Crippen molar-refractivity contribution >= 4 is 15.9 Å². The molecule has 1 aliphatic heterocycles. The molecule has 3 nitrogen and oxygen atoms in total. The molecule has 1 unspecified atom stereocenters. The Balaban J connectivity index is 1.59. The van der Waals surface area contributed by atoms with Crippen LogP contribution in [0.5, 0.6) is 0 Å². The fourth-order valence-corrected chi connectivity index (χ4v) is 3.60. The number of hydrogen-bond acceptors (Lipinski definition) is 3. The number of halogens is 2. The molecule has 144 valence electrons. The standard InChI is InChI=1S/C22H26BrFN2O/c1-2-11-25-12-14-26(15-13-25)16-17-27-22(18-3-7-20(23)8-4-18)19-5-9-21(24)10-6-19/h2-10,22H,1,11-17H2. The summed E-state index contributed by atoms with van der Waals surface area (Å²) in [5.41, 5.74) is 2.04. The largest absolute Gasteiger partial charge is 0.367 e. The van der Waals surface area contributed by atoms with Crippen molar-refractivity contribution in [3.05, 3.63) is 82.6 Å². The summed E-state index contributed by atoms with van der Waals surface area (Å²) in [7, 11) is 0. The van der Waals surface area contributed by atoms with Gasteiger partial charge < -0.3 is 4.74 Å². The first kappa shape index (κ1) is 20.2. The predicted octanol–water partition coefficient (Wildman–Crippen LogP) is 4.50. The van der Waals surface area contributed by atoms with Crippen molar-refractivity contribution in [3.63, 3.8) is 0 Å². The molecule has 0 N–H and O–H groups in total. The summed E-state index contributed by atoms with van der Waals surface area (Å²) < 4.78 is 20.6. The van der Waals surface area contributed by atoms with Crippen LogP contribution >= 0.6 is 15.9 Å². The van der Waals surface area contributed by atoms with Crippen molar-refractivity contribution in [2.45, 2.75) is 6.10 Å². The van der Waals surface area contributed by atoms with Crippen molar-refractivity contribution in [1.29, 1.82) is 0 Å².